The van der Waals surface area contributed by atoms with Crippen molar-refractivity contribution in [2.45, 2.75) is 32.2 Å². The van der Waals surface area contributed by atoms with Crippen LogP contribution in [0.25, 0.3) is 0 Å². The number of hydrogen-bond acceptors (Lipinski definition) is 5. The Morgan fingerprint density at radius 1 is 1.44 bits per heavy atom. The molecular formula is C12H22N2O4. The fraction of sp³-hybridized carbons (Fsp3) is 0.833. The molecule has 1 aliphatic rings. The van der Waals surface area contributed by atoms with Gasteiger partial charge in [0.2, 0.25) is 5.91 Å². The molecule has 3 N–H and O–H groups in total. The molecule has 1 unspecified atom stereocenters. The lowest BCUT2D eigenvalue weighted by Crippen LogP contribution is -2.51. The van der Waals surface area contributed by atoms with Crippen LogP contribution in [0.15, 0.2) is 0 Å². The van der Waals surface area contributed by atoms with Gasteiger partial charge in [0.05, 0.1) is 18.9 Å². The quantitative estimate of drug-likeness (QED) is 0.667. The topological polar surface area (TPSA) is 90.7 Å². The Morgan fingerprint density at radius 3 is 2.56 bits per heavy atom. The number of rotatable bonds is 5. The SMILES string of the molecule is COC(=O)CC(C)NC(=O)C1(CN)CCOCC1. The third-order valence-electron chi connectivity index (χ3n) is 3.40. The average molecular weight is 258 g/mol. The summed E-state index contributed by atoms with van der Waals surface area (Å²) in [5, 5.41) is 2.83. The van der Waals surface area contributed by atoms with Crippen molar-refractivity contribution in [1.29, 1.82) is 0 Å². The average Bonchev–Trinajstić information content (AvgIpc) is 2.39. The lowest BCUT2D eigenvalue weighted by molar-refractivity contribution is -0.142. The van der Waals surface area contributed by atoms with Crippen molar-refractivity contribution >= 4 is 11.9 Å². The Bertz CT molecular complexity index is 300. The number of ether oxygens (including phenoxy) is 2. The zero-order chi connectivity index (χ0) is 13.6. The number of amides is 1. The van der Waals surface area contributed by atoms with Gasteiger partial charge in [-0.3, -0.25) is 9.59 Å². The molecule has 6 nitrogen and oxygen atoms in total. The normalized spacial score (nSPS) is 19.9. The van der Waals surface area contributed by atoms with E-state index in [0.29, 0.717) is 32.6 Å². The van der Waals surface area contributed by atoms with Gasteiger partial charge < -0.3 is 20.5 Å². The fourth-order valence-electron chi connectivity index (χ4n) is 2.05. The first-order valence-corrected chi connectivity index (χ1v) is 6.19. The van der Waals surface area contributed by atoms with Crippen LogP contribution in [-0.4, -0.2) is 44.8 Å². The lowest BCUT2D eigenvalue weighted by Gasteiger charge is -2.35. The monoisotopic (exact) mass is 258 g/mol. The Labute approximate surface area is 107 Å². The Balaban J connectivity index is 2.54. The molecule has 0 aliphatic carbocycles. The van der Waals surface area contributed by atoms with Gasteiger partial charge >= 0.3 is 5.97 Å². The molecule has 1 fully saturated rings. The van der Waals surface area contributed by atoms with Crippen molar-refractivity contribution in [3.05, 3.63) is 0 Å². The lowest BCUT2D eigenvalue weighted by atomic mass is 9.79. The van der Waals surface area contributed by atoms with Crippen molar-refractivity contribution in [2.75, 3.05) is 26.9 Å². The molecule has 6 heteroatoms. The Hall–Kier alpha value is -1.14. The number of nitrogens with one attached hydrogen (secondary N) is 1. The minimum absolute atomic E-state index is 0.0929. The molecule has 0 radical (unpaired) electrons. The molecule has 1 atom stereocenters. The number of nitrogens with two attached hydrogens (primary N) is 1. The summed E-state index contributed by atoms with van der Waals surface area (Å²) >= 11 is 0. The van der Waals surface area contributed by atoms with E-state index in [0.717, 1.165) is 0 Å². The van der Waals surface area contributed by atoms with Gasteiger partial charge in [0.15, 0.2) is 0 Å². The van der Waals surface area contributed by atoms with E-state index < -0.39 is 5.41 Å². The standard InChI is InChI=1S/C12H22N2O4/c1-9(7-10(15)17-2)14-11(16)12(8-13)3-5-18-6-4-12/h9H,3-8,13H2,1-2H3,(H,14,16). The van der Waals surface area contributed by atoms with E-state index in [1.54, 1.807) is 6.92 Å². The van der Waals surface area contributed by atoms with Crippen LogP contribution in [0.3, 0.4) is 0 Å². The molecule has 0 aromatic rings. The van der Waals surface area contributed by atoms with E-state index in [1.807, 2.05) is 0 Å². The molecule has 18 heavy (non-hydrogen) atoms. The molecule has 104 valence electrons. The fourth-order valence-corrected chi connectivity index (χ4v) is 2.05. The minimum Gasteiger partial charge on any atom is -0.469 e. The van der Waals surface area contributed by atoms with E-state index in [9.17, 15) is 9.59 Å². The molecule has 1 saturated heterocycles. The second kappa shape index (κ2) is 6.70. The molecule has 1 rings (SSSR count). The van der Waals surface area contributed by atoms with Gasteiger partial charge in [-0.05, 0) is 19.8 Å². The van der Waals surface area contributed by atoms with Gasteiger partial charge in [-0.25, -0.2) is 0 Å². The smallest absolute Gasteiger partial charge is 0.307 e. The van der Waals surface area contributed by atoms with Crippen LogP contribution in [0.5, 0.6) is 0 Å². The molecule has 0 saturated carbocycles. The summed E-state index contributed by atoms with van der Waals surface area (Å²) < 4.78 is 9.82. The van der Waals surface area contributed by atoms with Crippen molar-refractivity contribution in [3.8, 4) is 0 Å². The van der Waals surface area contributed by atoms with Gasteiger partial charge in [0.1, 0.15) is 0 Å². The van der Waals surface area contributed by atoms with Gasteiger partial charge in [-0.1, -0.05) is 0 Å². The highest BCUT2D eigenvalue weighted by Gasteiger charge is 2.39. The Morgan fingerprint density at radius 2 is 2.06 bits per heavy atom. The number of methoxy groups -OCH3 is 1. The van der Waals surface area contributed by atoms with E-state index >= 15 is 0 Å². The van der Waals surface area contributed by atoms with Crippen molar-refractivity contribution in [1.82, 2.24) is 5.32 Å². The van der Waals surface area contributed by atoms with Crippen LogP contribution >= 0.6 is 0 Å². The second-order valence-corrected chi connectivity index (χ2v) is 4.75. The summed E-state index contributed by atoms with van der Waals surface area (Å²) in [6.45, 7) is 3.18. The van der Waals surface area contributed by atoms with E-state index in [4.69, 9.17) is 10.5 Å². The van der Waals surface area contributed by atoms with Crippen LogP contribution in [-0.2, 0) is 19.1 Å². The first kappa shape index (κ1) is 14.9. The van der Waals surface area contributed by atoms with Crippen molar-refractivity contribution in [3.63, 3.8) is 0 Å². The van der Waals surface area contributed by atoms with Crippen LogP contribution in [0.4, 0.5) is 0 Å². The van der Waals surface area contributed by atoms with Crippen molar-refractivity contribution < 1.29 is 19.1 Å². The maximum absolute atomic E-state index is 12.2. The predicted octanol–water partition coefficient (Wildman–Crippen LogP) is -0.190. The zero-order valence-electron chi connectivity index (χ0n) is 11.0. The van der Waals surface area contributed by atoms with Crippen LogP contribution in [0.1, 0.15) is 26.2 Å². The van der Waals surface area contributed by atoms with Gasteiger partial charge in [-0.2, -0.15) is 0 Å². The van der Waals surface area contributed by atoms with Crippen LogP contribution in [0, 0.1) is 5.41 Å². The highest BCUT2D eigenvalue weighted by molar-refractivity contribution is 5.83. The highest BCUT2D eigenvalue weighted by Crippen LogP contribution is 2.29. The van der Waals surface area contributed by atoms with E-state index in [-0.39, 0.29) is 24.3 Å². The summed E-state index contributed by atoms with van der Waals surface area (Å²) in [6, 6.07) is -0.254. The summed E-state index contributed by atoms with van der Waals surface area (Å²) in [4.78, 5) is 23.3. The first-order valence-electron chi connectivity index (χ1n) is 6.19. The molecule has 0 spiro atoms. The third-order valence-corrected chi connectivity index (χ3v) is 3.40. The maximum atomic E-state index is 12.2. The van der Waals surface area contributed by atoms with E-state index in [1.165, 1.54) is 7.11 Å². The summed E-state index contributed by atoms with van der Waals surface area (Å²) in [7, 11) is 1.33. The largest absolute Gasteiger partial charge is 0.469 e. The van der Waals surface area contributed by atoms with Crippen LogP contribution in [0.2, 0.25) is 0 Å². The summed E-state index contributed by atoms with van der Waals surface area (Å²) in [5.74, 6) is -0.429. The second-order valence-electron chi connectivity index (χ2n) is 4.75. The predicted molar refractivity (Wildman–Crippen MR) is 65.8 cm³/mol. The summed E-state index contributed by atoms with van der Waals surface area (Å²) in [5.41, 5.74) is 5.18. The Kier molecular flexibility index (Phi) is 5.55. The molecule has 1 aliphatic heterocycles. The molecule has 0 aromatic heterocycles. The van der Waals surface area contributed by atoms with Gasteiger partial charge in [-0.15, -0.1) is 0 Å². The number of hydrogen-bond donors (Lipinski definition) is 2. The van der Waals surface area contributed by atoms with Crippen molar-refractivity contribution in [2.24, 2.45) is 11.1 Å². The van der Waals surface area contributed by atoms with E-state index in [2.05, 4.69) is 10.1 Å². The van der Waals surface area contributed by atoms with Gasteiger partial charge in [0, 0.05) is 25.8 Å². The molecule has 0 bridgehead atoms. The zero-order valence-corrected chi connectivity index (χ0v) is 11.0. The molecule has 1 heterocycles. The molecule has 1 amide bonds. The minimum atomic E-state index is -0.553. The number of carbonyl (C=O) groups excluding carboxylic acids is 2. The molecule has 0 aromatic carbocycles. The van der Waals surface area contributed by atoms with Gasteiger partial charge in [0.25, 0.3) is 0 Å². The maximum Gasteiger partial charge on any atom is 0.307 e. The number of esters is 1. The summed E-state index contributed by atoms with van der Waals surface area (Å²) in [6.07, 6.45) is 1.42. The highest BCUT2D eigenvalue weighted by atomic mass is 16.5. The number of carbonyl (C=O) groups is 2. The molecular weight excluding hydrogens is 236 g/mol. The third kappa shape index (κ3) is 3.68. The first-order chi connectivity index (χ1) is 8.54. The van der Waals surface area contributed by atoms with Crippen LogP contribution < -0.4 is 11.1 Å².